The highest BCUT2D eigenvalue weighted by Crippen LogP contribution is 2.24. The molecule has 0 radical (unpaired) electrons. The van der Waals surface area contributed by atoms with E-state index in [-0.39, 0.29) is 5.97 Å². The van der Waals surface area contributed by atoms with Gasteiger partial charge in [-0.3, -0.25) is 4.79 Å². The van der Waals surface area contributed by atoms with Crippen molar-refractivity contribution in [3.05, 3.63) is 23.4 Å². The molecule has 1 aromatic rings. The molecule has 0 aliphatic heterocycles. The lowest BCUT2D eigenvalue weighted by molar-refractivity contribution is -0.120. The van der Waals surface area contributed by atoms with E-state index in [0.717, 1.165) is 18.7 Å². The van der Waals surface area contributed by atoms with Crippen molar-refractivity contribution in [1.82, 2.24) is 4.98 Å². The molecule has 0 unspecified atom stereocenters. The standard InChI is InChI=1S/C15H20N2O3/c1-10-13(15(19)20-3)8-9-14(16-10)17(2)11-4-6-12(18)7-5-11/h8-9,11H,4-7H2,1-3H3. The third-order valence-corrected chi connectivity index (χ3v) is 3.90. The molecule has 108 valence electrons. The smallest absolute Gasteiger partial charge is 0.339 e. The van der Waals surface area contributed by atoms with E-state index in [2.05, 4.69) is 9.88 Å². The molecule has 0 bridgehead atoms. The molecule has 0 saturated heterocycles. The van der Waals surface area contributed by atoms with Crippen molar-refractivity contribution in [3.63, 3.8) is 0 Å². The summed E-state index contributed by atoms with van der Waals surface area (Å²) in [4.78, 5) is 29.4. The van der Waals surface area contributed by atoms with Crippen LogP contribution in [0.4, 0.5) is 5.82 Å². The summed E-state index contributed by atoms with van der Waals surface area (Å²) in [7, 11) is 3.35. The molecule has 1 heterocycles. The lowest BCUT2D eigenvalue weighted by Crippen LogP contribution is -2.35. The second-order valence-corrected chi connectivity index (χ2v) is 5.17. The highest BCUT2D eigenvalue weighted by atomic mass is 16.5. The van der Waals surface area contributed by atoms with E-state index in [1.807, 2.05) is 13.1 Å². The van der Waals surface area contributed by atoms with Crippen LogP contribution in [0.2, 0.25) is 0 Å². The molecule has 1 fully saturated rings. The van der Waals surface area contributed by atoms with Crippen molar-refractivity contribution in [1.29, 1.82) is 0 Å². The van der Waals surface area contributed by atoms with Gasteiger partial charge >= 0.3 is 5.97 Å². The maximum absolute atomic E-state index is 11.5. The van der Waals surface area contributed by atoms with Gasteiger partial charge in [0, 0.05) is 25.9 Å². The Morgan fingerprint density at radius 2 is 2.00 bits per heavy atom. The average molecular weight is 276 g/mol. The second kappa shape index (κ2) is 6.03. The van der Waals surface area contributed by atoms with Crippen LogP contribution in [0.3, 0.4) is 0 Å². The normalized spacial score (nSPS) is 16.1. The van der Waals surface area contributed by atoms with Gasteiger partial charge < -0.3 is 9.64 Å². The maximum atomic E-state index is 11.5. The predicted molar refractivity (Wildman–Crippen MR) is 76.0 cm³/mol. The quantitative estimate of drug-likeness (QED) is 0.791. The van der Waals surface area contributed by atoms with E-state index in [9.17, 15) is 9.59 Å². The number of hydrogen-bond donors (Lipinski definition) is 0. The van der Waals surface area contributed by atoms with Gasteiger partial charge in [-0.2, -0.15) is 0 Å². The number of hydrogen-bond acceptors (Lipinski definition) is 5. The summed E-state index contributed by atoms with van der Waals surface area (Å²) in [5, 5.41) is 0. The summed E-state index contributed by atoms with van der Waals surface area (Å²) >= 11 is 0. The molecule has 5 nitrogen and oxygen atoms in total. The van der Waals surface area contributed by atoms with Crippen molar-refractivity contribution in [2.75, 3.05) is 19.1 Å². The monoisotopic (exact) mass is 276 g/mol. The SMILES string of the molecule is COC(=O)c1ccc(N(C)C2CCC(=O)CC2)nc1C. The molecule has 2 rings (SSSR count). The van der Waals surface area contributed by atoms with Crippen LogP contribution in [-0.2, 0) is 9.53 Å². The summed E-state index contributed by atoms with van der Waals surface area (Å²) in [6.45, 7) is 1.80. The number of carbonyl (C=O) groups excluding carboxylic acids is 2. The third-order valence-electron chi connectivity index (χ3n) is 3.90. The molecule has 0 amide bonds. The number of anilines is 1. The maximum Gasteiger partial charge on any atom is 0.339 e. The van der Waals surface area contributed by atoms with Gasteiger partial charge in [0.2, 0.25) is 0 Å². The Morgan fingerprint density at radius 1 is 1.35 bits per heavy atom. The number of Topliss-reactive ketones (excluding diaryl/α,β-unsaturated/α-hetero) is 1. The van der Waals surface area contributed by atoms with Crippen LogP contribution in [0.25, 0.3) is 0 Å². The minimum Gasteiger partial charge on any atom is -0.465 e. The molecule has 5 heteroatoms. The Morgan fingerprint density at radius 3 is 2.55 bits per heavy atom. The van der Waals surface area contributed by atoms with Crippen LogP contribution in [0.5, 0.6) is 0 Å². The Hall–Kier alpha value is -1.91. The van der Waals surface area contributed by atoms with Crippen LogP contribution in [-0.4, -0.2) is 36.9 Å². The molecule has 0 aromatic carbocycles. The van der Waals surface area contributed by atoms with Gasteiger partial charge in [0.05, 0.1) is 18.4 Å². The molecule has 1 aliphatic rings. The molecule has 0 atom stereocenters. The number of methoxy groups -OCH3 is 1. The van der Waals surface area contributed by atoms with Gasteiger partial charge in [0.25, 0.3) is 0 Å². The minimum absolute atomic E-state index is 0.337. The van der Waals surface area contributed by atoms with Crippen molar-refractivity contribution in [2.45, 2.75) is 38.6 Å². The van der Waals surface area contributed by atoms with E-state index < -0.39 is 0 Å². The van der Waals surface area contributed by atoms with Crippen molar-refractivity contribution >= 4 is 17.6 Å². The number of rotatable bonds is 3. The zero-order valence-electron chi connectivity index (χ0n) is 12.2. The molecule has 1 aromatic heterocycles. The first kappa shape index (κ1) is 14.5. The zero-order valence-corrected chi connectivity index (χ0v) is 12.2. The first-order valence-electron chi connectivity index (χ1n) is 6.83. The molecule has 20 heavy (non-hydrogen) atoms. The molecular formula is C15H20N2O3. The van der Waals surface area contributed by atoms with E-state index in [4.69, 9.17) is 4.74 Å². The summed E-state index contributed by atoms with van der Waals surface area (Å²) in [6.07, 6.45) is 3.03. The van der Waals surface area contributed by atoms with Gasteiger partial charge in [-0.05, 0) is 31.9 Å². The number of nitrogens with zero attached hydrogens (tertiary/aromatic N) is 2. The van der Waals surface area contributed by atoms with E-state index >= 15 is 0 Å². The zero-order chi connectivity index (χ0) is 14.7. The topological polar surface area (TPSA) is 59.5 Å². The Balaban J connectivity index is 2.14. The fourth-order valence-electron chi connectivity index (χ4n) is 2.57. The Labute approximate surface area is 118 Å². The van der Waals surface area contributed by atoms with Crippen LogP contribution >= 0.6 is 0 Å². The van der Waals surface area contributed by atoms with Crippen LogP contribution in [0.1, 0.15) is 41.7 Å². The number of ether oxygens (including phenoxy) is 1. The van der Waals surface area contributed by atoms with E-state index in [1.54, 1.807) is 13.0 Å². The number of esters is 1. The minimum atomic E-state index is -0.368. The summed E-state index contributed by atoms with van der Waals surface area (Å²) < 4.78 is 4.72. The van der Waals surface area contributed by atoms with Crippen LogP contribution < -0.4 is 4.90 Å². The van der Waals surface area contributed by atoms with Crippen LogP contribution in [0.15, 0.2) is 12.1 Å². The Bertz CT molecular complexity index is 518. The van der Waals surface area contributed by atoms with Gasteiger partial charge in [-0.25, -0.2) is 9.78 Å². The van der Waals surface area contributed by atoms with Gasteiger partial charge in [0.15, 0.2) is 0 Å². The lowest BCUT2D eigenvalue weighted by atomic mass is 9.93. The fourth-order valence-corrected chi connectivity index (χ4v) is 2.57. The number of ketones is 1. The van der Waals surface area contributed by atoms with Crippen molar-refractivity contribution in [2.24, 2.45) is 0 Å². The highest BCUT2D eigenvalue weighted by molar-refractivity contribution is 5.90. The first-order valence-corrected chi connectivity index (χ1v) is 6.83. The fraction of sp³-hybridized carbons (Fsp3) is 0.533. The van der Waals surface area contributed by atoms with E-state index in [1.165, 1.54) is 7.11 Å². The number of aryl methyl sites for hydroxylation is 1. The summed E-state index contributed by atoms with van der Waals surface area (Å²) in [5.74, 6) is 0.807. The predicted octanol–water partition coefficient (Wildman–Crippen LogP) is 2.12. The van der Waals surface area contributed by atoms with Gasteiger partial charge in [-0.15, -0.1) is 0 Å². The first-order chi connectivity index (χ1) is 9.52. The van der Waals surface area contributed by atoms with Crippen molar-refractivity contribution < 1.29 is 14.3 Å². The second-order valence-electron chi connectivity index (χ2n) is 5.17. The molecule has 1 saturated carbocycles. The molecule has 0 N–H and O–H groups in total. The largest absolute Gasteiger partial charge is 0.465 e. The molecule has 1 aliphatic carbocycles. The molecular weight excluding hydrogens is 256 g/mol. The van der Waals surface area contributed by atoms with Crippen molar-refractivity contribution in [3.8, 4) is 0 Å². The lowest BCUT2D eigenvalue weighted by Gasteiger charge is -2.31. The Kier molecular flexibility index (Phi) is 4.37. The van der Waals surface area contributed by atoms with Gasteiger partial charge in [-0.1, -0.05) is 0 Å². The number of carbonyl (C=O) groups is 2. The highest BCUT2D eigenvalue weighted by Gasteiger charge is 2.23. The number of pyridine rings is 1. The summed E-state index contributed by atoms with van der Waals surface area (Å²) in [6, 6.07) is 3.91. The summed E-state index contributed by atoms with van der Waals surface area (Å²) in [5.41, 5.74) is 1.15. The van der Waals surface area contributed by atoms with E-state index in [0.29, 0.717) is 35.9 Å². The average Bonchev–Trinajstić information content (AvgIpc) is 2.46. The van der Waals surface area contributed by atoms with Crippen LogP contribution in [0, 0.1) is 6.92 Å². The molecule has 0 spiro atoms. The number of aromatic nitrogens is 1. The van der Waals surface area contributed by atoms with Gasteiger partial charge in [0.1, 0.15) is 11.6 Å². The third kappa shape index (κ3) is 2.98.